The average molecular weight is 300 g/mol. The Morgan fingerprint density at radius 3 is 2.60 bits per heavy atom. The summed E-state index contributed by atoms with van der Waals surface area (Å²) in [5.41, 5.74) is -0.684. The number of halogens is 1. The van der Waals surface area contributed by atoms with Gasteiger partial charge in [-0.2, -0.15) is 0 Å². The van der Waals surface area contributed by atoms with E-state index in [-0.39, 0.29) is 11.5 Å². The van der Waals surface area contributed by atoms with E-state index < -0.39 is 21.3 Å². The van der Waals surface area contributed by atoms with Crippen molar-refractivity contribution < 1.29 is 17.9 Å². The Morgan fingerprint density at radius 1 is 1.35 bits per heavy atom. The summed E-state index contributed by atoms with van der Waals surface area (Å²) in [4.78, 5) is 0. The molecule has 3 nitrogen and oxygen atoms in total. The summed E-state index contributed by atoms with van der Waals surface area (Å²) in [6.45, 7) is 2.11. The molecule has 2 rings (SSSR count). The second-order valence-corrected chi connectivity index (χ2v) is 8.13. The number of hydrogen-bond donors (Lipinski definition) is 1. The van der Waals surface area contributed by atoms with Crippen LogP contribution in [0.5, 0.6) is 0 Å². The normalized spacial score (nSPS) is 27.4. The van der Waals surface area contributed by atoms with Crippen molar-refractivity contribution in [1.29, 1.82) is 0 Å². The zero-order chi connectivity index (χ0) is 14.8. The van der Waals surface area contributed by atoms with Crippen molar-refractivity contribution in [2.75, 3.05) is 5.75 Å². The van der Waals surface area contributed by atoms with Gasteiger partial charge < -0.3 is 5.11 Å². The predicted molar refractivity (Wildman–Crippen MR) is 76.5 cm³/mol. The number of hydrogen-bond acceptors (Lipinski definition) is 3. The lowest BCUT2D eigenvalue weighted by atomic mass is 9.81. The molecule has 0 aliphatic heterocycles. The molecule has 0 radical (unpaired) electrons. The lowest BCUT2D eigenvalue weighted by Gasteiger charge is -2.34. The molecule has 0 amide bonds. The van der Waals surface area contributed by atoms with E-state index in [1.165, 1.54) is 18.2 Å². The first-order valence-electron chi connectivity index (χ1n) is 6.95. The van der Waals surface area contributed by atoms with Crippen LogP contribution in [0.1, 0.15) is 38.2 Å². The molecule has 0 saturated heterocycles. The molecule has 1 N–H and O–H groups in total. The molecule has 1 aliphatic carbocycles. The highest BCUT2D eigenvalue weighted by atomic mass is 32.2. The maximum Gasteiger partial charge on any atom is 0.157 e. The Hall–Kier alpha value is -0.940. The first kappa shape index (κ1) is 15.4. The first-order chi connectivity index (χ1) is 9.28. The first-order valence-corrected chi connectivity index (χ1v) is 8.77. The molecule has 1 saturated carbocycles. The topological polar surface area (TPSA) is 54.4 Å². The molecule has 1 aliphatic rings. The minimum absolute atomic E-state index is 0.220. The standard InChI is InChI=1S/C15H21FO3S/c1-12-5-7-15(17,8-6-12)11-20(18,19)10-13-3-2-4-14(16)9-13/h2-4,9,12,17H,5-8,10-11H2,1H3. The summed E-state index contributed by atoms with van der Waals surface area (Å²) in [6, 6.07) is 5.60. The summed E-state index contributed by atoms with van der Waals surface area (Å²) in [5, 5.41) is 10.4. The number of benzene rings is 1. The van der Waals surface area contributed by atoms with Crippen molar-refractivity contribution in [1.82, 2.24) is 0 Å². The molecule has 20 heavy (non-hydrogen) atoms. The van der Waals surface area contributed by atoms with Gasteiger partial charge in [0.1, 0.15) is 5.82 Å². The fraction of sp³-hybridized carbons (Fsp3) is 0.600. The Kier molecular flexibility index (Phi) is 4.49. The van der Waals surface area contributed by atoms with Crippen molar-refractivity contribution in [3.8, 4) is 0 Å². The predicted octanol–water partition coefficient (Wildman–Crippen LogP) is 2.68. The molecule has 1 aromatic rings. The highest BCUT2D eigenvalue weighted by Gasteiger charge is 2.36. The Bertz CT molecular complexity index is 560. The van der Waals surface area contributed by atoms with E-state index >= 15 is 0 Å². The highest BCUT2D eigenvalue weighted by molar-refractivity contribution is 7.90. The fourth-order valence-corrected chi connectivity index (χ4v) is 4.68. The van der Waals surface area contributed by atoms with Gasteiger partial charge in [-0.05, 0) is 49.3 Å². The molecule has 1 aromatic carbocycles. The summed E-state index contributed by atoms with van der Waals surface area (Å²) < 4.78 is 37.4. The van der Waals surface area contributed by atoms with Crippen molar-refractivity contribution in [2.45, 2.75) is 44.0 Å². The van der Waals surface area contributed by atoms with Crippen molar-refractivity contribution in [3.05, 3.63) is 35.6 Å². The van der Waals surface area contributed by atoms with Gasteiger partial charge >= 0.3 is 0 Å². The van der Waals surface area contributed by atoms with E-state index in [4.69, 9.17) is 0 Å². The average Bonchev–Trinajstić information content (AvgIpc) is 2.32. The maximum atomic E-state index is 13.1. The zero-order valence-electron chi connectivity index (χ0n) is 11.7. The summed E-state index contributed by atoms with van der Waals surface area (Å²) in [6.07, 6.45) is 2.76. The van der Waals surface area contributed by atoms with Gasteiger partial charge in [0.05, 0.1) is 17.1 Å². The van der Waals surface area contributed by atoms with Crippen LogP contribution in [0.15, 0.2) is 24.3 Å². The van der Waals surface area contributed by atoms with Crippen molar-refractivity contribution in [3.63, 3.8) is 0 Å². The van der Waals surface area contributed by atoms with Crippen LogP contribution >= 0.6 is 0 Å². The van der Waals surface area contributed by atoms with Crippen LogP contribution in [0.4, 0.5) is 4.39 Å². The van der Waals surface area contributed by atoms with Gasteiger partial charge in [0.2, 0.25) is 0 Å². The van der Waals surface area contributed by atoms with Gasteiger partial charge in [0, 0.05) is 0 Å². The second kappa shape index (κ2) is 5.82. The molecular formula is C15H21FO3S. The largest absolute Gasteiger partial charge is 0.389 e. The lowest BCUT2D eigenvalue weighted by molar-refractivity contribution is 0.0135. The van der Waals surface area contributed by atoms with Gasteiger partial charge in [-0.15, -0.1) is 0 Å². The van der Waals surface area contributed by atoms with E-state index in [0.29, 0.717) is 24.3 Å². The number of rotatable bonds is 4. The summed E-state index contributed by atoms with van der Waals surface area (Å²) in [7, 11) is -3.44. The third kappa shape index (κ3) is 4.28. The van der Waals surface area contributed by atoms with E-state index in [1.807, 2.05) is 0 Å². The Labute approximate surface area is 119 Å². The van der Waals surface area contributed by atoms with Crippen molar-refractivity contribution >= 4 is 9.84 Å². The summed E-state index contributed by atoms with van der Waals surface area (Å²) in [5.74, 6) is -0.352. The smallest absolute Gasteiger partial charge is 0.157 e. The van der Waals surface area contributed by atoms with Gasteiger partial charge in [0.15, 0.2) is 9.84 Å². The van der Waals surface area contributed by atoms with Gasteiger partial charge in [0.25, 0.3) is 0 Å². The second-order valence-electron chi connectivity index (χ2n) is 6.07. The van der Waals surface area contributed by atoms with E-state index in [0.717, 1.165) is 12.8 Å². The maximum absolute atomic E-state index is 13.1. The molecule has 5 heteroatoms. The number of sulfone groups is 1. The summed E-state index contributed by atoms with van der Waals surface area (Å²) >= 11 is 0. The molecule has 1 fully saturated rings. The van der Waals surface area contributed by atoms with Crippen LogP contribution in [0.3, 0.4) is 0 Å². The molecule has 112 valence electrons. The minimum Gasteiger partial charge on any atom is -0.389 e. The minimum atomic E-state index is -3.44. The Morgan fingerprint density at radius 2 is 2.00 bits per heavy atom. The van der Waals surface area contributed by atoms with E-state index in [9.17, 15) is 17.9 Å². The monoisotopic (exact) mass is 300 g/mol. The fourth-order valence-electron chi connectivity index (χ4n) is 2.78. The van der Waals surface area contributed by atoms with Crippen LogP contribution in [0.25, 0.3) is 0 Å². The Balaban J connectivity index is 2.04. The molecule has 0 heterocycles. The molecule has 0 atom stereocenters. The van der Waals surface area contributed by atoms with Crippen LogP contribution in [0.2, 0.25) is 0 Å². The zero-order valence-corrected chi connectivity index (χ0v) is 12.5. The molecular weight excluding hydrogens is 279 g/mol. The quantitative estimate of drug-likeness (QED) is 0.930. The highest BCUT2D eigenvalue weighted by Crippen LogP contribution is 2.33. The van der Waals surface area contributed by atoms with Gasteiger partial charge in [-0.25, -0.2) is 12.8 Å². The molecule has 0 spiro atoms. The van der Waals surface area contributed by atoms with Gasteiger partial charge in [-0.3, -0.25) is 0 Å². The van der Waals surface area contributed by atoms with Crippen molar-refractivity contribution in [2.24, 2.45) is 5.92 Å². The van der Waals surface area contributed by atoms with E-state index in [2.05, 4.69) is 6.92 Å². The third-order valence-electron chi connectivity index (χ3n) is 3.97. The van der Waals surface area contributed by atoms with Gasteiger partial charge in [-0.1, -0.05) is 19.1 Å². The van der Waals surface area contributed by atoms with E-state index in [1.54, 1.807) is 6.07 Å². The van der Waals surface area contributed by atoms with Crippen LogP contribution in [0, 0.1) is 11.7 Å². The number of aliphatic hydroxyl groups is 1. The van der Waals surface area contributed by atoms with Crippen LogP contribution in [-0.2, 0) is 15.6 Å². The van der Waals surface area contributed by atoms with Crippen LogP contribution in [-0.4, -0.2) is 24.9 Å². The molecule has 0 aromatic heterocycles. The molecule has 0 bridgehead atoms. The SMILES string of the molecule is CC1CCC(O)(CS(=O)(=O)Cc2cccc(F)c2)CC1. The third-order valence-corrected chi connectivity index (χ3v) is 5.72. The lowest BCUT2D eigenvalue weighted by Crippen LogP contribution is -2.40. The molecule has 0 unspecified atom stereocenters. The van der Waals surface area contributed by atoms with Crippen LogP contribution < -0.4 is 0 Å².